The number of carbonyl (C=O) groups excluding carboxylic acids is 1. The SMILES string of the molecule is COc1cc(/C=C/C(=O)c2cc(Cl)ccc2Cl)cc(OC)c1. The summed E-state index contributed by atoms with van der Waals surface area (Å²) < 4.78 is 10.4. The molecule has 5 heteroatoms. The summed E-state index contributed by atoms with van der Waals surface area (Å²) in [6.45, 7) is 0. The maximum absolute atomic E-state index is 12.2. The standard InChI is InChI=1S/C17H14Cl2O3/c1-21-13-7-11(8-14(10-13)22-2)3-6-17(20)15-9-12(18)4-5-16(15)19/h3-10H,1-2H3/b6-3+. The average molecular weight is 337 g/mol. The van der Waals surface area contributed by atoms with Gasteiger partial charge in [0, 0.05) is 16.7 Å². The van der Waals surface area contributed by atoms with Gasteiger partial charge in [0.2, 0.25) is 0 Å². The van der Waals surface area contributed by atoms with Gasteiger partial charge in [-0.25, -0.2) is 0 Å². The first-order valence-electron chi connectivity index (χ1n) is 6.44. The van der Waals surface area contributed by atoms with Gasteiger partial charge in [0.25, 0.3) is 0 Å². The molecule has 3 nitrogen and oxygen atoms in total. The highest BCUT2D eigenvalue weighted by Crippen LogP contribution is 2.24. The van der Waals surface area contributed by atoms with E-state index in [-0.39, 0.29) is 5.78 Å². The topological polar surface area (TPSA) is 35.5 Å². The summed E-state index contributed by atoms with van der Waals surface area (Å²) in [5.41, 5.74) is 1.14. The van der Waals surface area contributed by atoms with Crippen molar-refractivity contribution >= 4 is 35.1 Å². The van der Waals surface area contributed by atoms with Crippen LogP contribution in [0, 0.1) is 0 Å². The van der Waals surface area contributed by atoms with Gasteiger partial charge in [-0.2, -0.15) is 0 Å². The van der Waals surface area contributed by atoms with Gasteiger partial charge in [0.05, 0.1) is 19.2 Å². The second-order valence-electron chi connectivity index (χ2n) is 4.47. The molecule has 0 N–H and O–H groups in total. The Labute approximate surface area is 139 Å². The molecule has 22 heavy (non-hydrogen) atoms. The molecule has 0 aliphatic heterocycles. The van der Waals surface area contributed by atoms with Crippen LogP contribution in [0.4, 0.5) is 0 Å². The molecular weight excluding hydrogens is 323 g/mol. The molecule has 0 radical (unpaired) electrons. The van der Waals surface area contributed by atoms with Crippen LogP contribution in [0.25, 0.3) is 6.08 Å². The fourth-order valence-electron chi connectivity index (χ4n) is 1.87. The monoisotopic (exact) mass is 336 g/mol. The van der Waals surface area contributed by atoms with Gasteiger partial charge in [-0.1, -0.05) is 29.3 Å². The largest absolute Gasteiger partial charge is 0.497 e. The van der Waals surface area contributed by atoms with Gasteiger partial charge >= 0.3 is 0 Å². The molecule has 114 valence electrons. The van der Waals surface area contributed by atoms with Crippen LogP contribution in [0.15, 0.2) is 42.5 Å². The van der Waals surface area contributed by atoms with Gasteiger partial charge in [-0.05, 0) is 42.0 Å². The van der Waals surface area contributed by atoms with Gasteiger partial charge in [0.1, 0.15) is 11.5 Å². The maximum atomic E-state index is 12.2. The number of methoxy groups -OCH3 is 2. The predicted octanol–water partition coefficient (Wildman–Crippen LogP) is 4.91. The van der Waals surface area contributed by atoms with Crippen LogP contribution in [-0.2, 0) is 0 Å². The second kappa shape index (κ2) is 7.34. The zero-order valence-corrected chi connectivity index (χ0v) is 13.6. The Bertz CT molecular complexity index is 702. The van der Waals surface area contributed by atoms with Crippen LogP contribution in [0.3, 0.4) is 0 Å². The van der Waals surface area contributed by atoms with Crippen LogP contribution in [0.2, 0.25) is 10.0 Å². The van der Waals surface area contributed by atoms with E-state index in [1.54, 1.807) is 56.7 Å². The highest BCUT2D eigenvalue weighted by atomic mass is 35.5. The van der Waals surface area contributed by atoms with Gasteiger partial charge in [-0.15, -0.1) is 0 Å². The van der Waals surface area contributed by atoms with Crippen LogP contribution in [0.5, 0.6) is 11.5 Å². The third-order valence-corrected chi connectivity index (χ3v) is 3.56. The molecule has 0 heterocycles. The summed E-state index contributed by atoms with van der Waals surface area (Å²) in [5.74, 6) is 1.06. The number of ether oxygens (including phenoxy) is 2. The second-order valence-corrected chi connectivity index (χ2v) is 5.31. The van der Waals surface area contributed by atoms with Gasteiger partial charge in [0.15, 0.2) is 5.78 Å². The molecule has 0 amide bonds. The van der Waals surface area contributed by atoms with E-state index in [4.69, 9.17) is 32.7 Å². The third-order valence-electron chi connectivity index (χ3n) is 2.99. The summed E-state index contributed by atoms with van der Waals surface area (Å²) in [6, 6.07) is 10.1. The van der Waals surface area contributed by atoms with E-state index >= 15 is 0 Å². The van der Waals surface area contributed by atoms with Crippen molar-refractivity contribution in [3.8, 4) is 11.5 Å². The number of hydrogen-bond acceptors (Lipinski definition) is 3. The zero-order chi connectivity index (χ0) is 16.1. The molecule has 0 saturated heterocycles. The number of benzene rings is 2. The Morgan fingerprint density at radius 1 is 1.00 bits per heavy atom. The van der Waals surface area contributed by atoms with E-state index in [1.807, 2.05) is 0 Å². The Morgan fingerprint density at radius 2 is 1.64 bits per heavy atom. The summed E-state index contributed by atoms with van der Waals surface area (Å²) in [5, 5.41) is 0.825. The third kappa shape index (κ3) is 4.03. The van der Waals surface area contributed by atoms with Crippen molar-refractivity contribution in [1.82, 2.24) is 0 Å². The quantitative estimate of drug-likeness (QED) is 0.575. The molecule has 0 spiro atoms. The zero-order valence-electron chi connectivity index (χ0n) is 12.1. The molecule has 0 unspecified atom stereocenters. The van der Waals surface area contributed by atoms with Crippen LogP contribution in [0.1, 0.15) is 15.9 Å². The fraction of sp³-hybridized carbons (Fsp3) is 0.118. The van der Waals surface area contributed by atoms with E-state index in [1.165, 1.54) is 6.08 Å². The fourth-order valence-corrected chi connectivity index (χ4v) is 2.26. The summed E-state index contributed by atoms with van der Waals surface area (Å²) in [7, 11) is 3.14. The molecule has 0 aliphatic rings. The average Bonchev–Trinajstić information content (AvgIpc) is 2.54. The van der Waals surface area contributed by atoms with Crippen molar-refractivity contribution in [2.45, 2.75) is 0 Å². The molecule has 0 fully saturated rings. The first-order chi connectivity index (χ1) is 10.5. The van der Waals surface area contributed by atoms with E-state index in [9.17, 15) is 4.79 Å². The Balaban J connectivity index is 2.28. The van der Waals surface area contributed by atoms with E-state index in [0.717, 1.165) is 5.56 Å². The van der Waals surface area contributed by atoms with Crippen molar-refractivity contribution < 1.29 is 14.3 Å². The van der Waals surface area contributed by atoms with Gasteiger partial charge < -0.3 is 9.47 Å². The normalized spacial score (nSPS) is 10.7. The lowest BCUT2D eigenvalue weighted by atomic mass is 10.1. The molecule has 0 atom stereocenters. The Morgan fingerprint density at radius 3 is 2.23 bits per heavy atom. The minimum Gasteiger partial charge on any atom is -0.497 e. The first kappa shape index (κ1) is 16.4. The van der Waals surface area contributed by atoms with Crippen molar-refractivity contribution in [2.24, 2.45) is 0 Å². The summed E-state index contributed by atoms with van der Waals surface area (Å²) >= 11 is 11.9. The number of allylic oxidation sites excluding steroid dienone is 1. The molecule has 0 aromatic heterocycles. The summed E-state index contributed by atoms with van der Waals surface area (Å²) in [4.78, 5) is 12.2. The van der Waals surface area contributed by atoms with E-state index in [2.05, 4.69) is 0 Å². The Hall–Kier alpha value is -1.97. The number of rotatable bonds is 5. The molecule has 0 bridgehead atoms. The van der Waals surface area contributed by atoms with Crippen LogP contribution < -0.4 is 9.47 Å². The first-order valence-corrected chi connectivity index (χ1v) is 7.19. The lowest BCUT2D eigenvalue weighted by Crippen LogP contribution is -1.95. The maximum Gasteiger partial charge on any atom is 0.187 e. The number of carbonyl (C=O) groups is 1. The molecule has 2 aromatic carbocycles. The number of ketones is 1. The van der Waals surface area contributed by atoms with Crippen molar-refractivity contribution in [3.63, 3.8) is 0 Å². The van der Waals surface area contributed by atoms with Crippen LogP contribution in [-0.4, -0.2) is 20.0 Å². The lowest BCUT2D eigenvalue weighted by molar-refractivity contribution is 0.104. The smallest absolute Gasteiger partial charge is 0.187 e. The van der Waals surface area contributed by atoms with Crippen molar-refractivity contribution in [3.05, 3.63) is 63.6 Å². The van der Waals surface area contributed by atoms with Crippen molar-refractivity contribution in [2.75, 3.05) is 14.2 Å². The molecule has 0 aliphatic carbocycles. The molecule has 2 aromatic rings. The minimum absolute atomic E-state index is 0.228. The molecule has 0 saturated carbocycles. The van der Waals surface area contributed by atoms with Crippen molar-refractivity contribution in [1.29, 1.82) is 0 Å². The highest BCUT2D eigenvalue weighted by Gasteiger charge is 2.08. The van der Waals surface area contributed by atoms with Gasteiger partial charge in [-0.3, -0.25) is 4.79 Å². The number of hydrogen-bond donors (Lipinski definition) is 0. The Kier molecular flexibility index (Phi) is 5.47. The van der Waals surface area contributed by atoms with E-state index in [0.29, 0.717) is 27.1 Å². The predicted molar refractivity (Wildman–Crippen MR) is 89.4 cm³/mol. The number of halogens is 2. The highest BCUT2D eigenvalue weighted by molar-refractivity contribution is 6.36. The molecule has 2 rings (SSSR count). The van der Waals surface area contributed by atoms with E-state index < -0.39 is 0 Å². The summed E-state index contributed by atoms with van der Waals surface area (Å²) in [6.07, 6.45) is 3.11. The minimum atomic E-state index is -0.228. The lowest BCUT2D eigenvalue weighted by Gasteiger charge is -2.06. The molecular formula is C17H14Cl2O3. The van der Waals surface area contributed by atoms with Crippen LogP contribution >= 0.6 is 23.2 Å².